The quantitative estimate of drug-likeness (QED) is 0.692. The highest BCUT2D eigenvalue weighted by Crippen LogP contribution is 2.10. The molecule has 0 spiro atoms. The Morgan fingerprint density at radius 2 is 1.68 bits per heavy atom. The predicted molar refractivity (Wildman–Crippen MR) is 103 cm³/mol. The molecule has 2 aromatic rings. The molecular weight excluding hydrogens is 333 g/mol. The molecule has 1 saturated heterocycles. The predicted octanol–water partition coefficient (Wildman–Crippen LogP) is 2.21. The van der Waals surface area contributed by atoms with Crippen LogP contribution in [0.25, 0.3) is 0 Å². The first kappa shape index (κ1) is 17.8. The second kappa shape index (κ2) is 8.92. The van der Waals surface area contributed by atoms with Crippen LogP contribution in [-0.2, 0) is 6.54 Å². The Morgan fingerprint density at radius 1 is 1.00 bits per heavy atom. The van der Waals surface area contributed by atoms with Gasteiger partial charge in [0.1, 0.15) is 11.9 Å². The lowest BCUT2D eigenvalue weighted by molar-refractivity contribution is -0.918. The Kier molecular flexibility index (Phi) is 6.36. The Hall–Kier alpha value is -1.98. The number of nitrogens with one attached hydrogen (secondary N) is 3. The van der Waals surface area contributed by atoms with Gasteiger partial charge < -0.3 is 15.5 Å². The van der Waals surface area contributed by atoms with E-state index in [9.17, 15) is 4.39 Å². The average molecular weight is 359 g/mol. The second-order valence-corrected chi connectivity index (χ2v) is 6.93. The molecule has 0 amide bonds. The van der Waals surface area contributed by atoms with E-state index in [1.807, 2.05) is 0 Å². The summed E-state index contributed by atoms with van der Waals surface area (Å²) in [6, 6.07) is 17.5. The molecule has 1 fully saturated rings. The fourth-order valence-electron chi connectivity index (χ4n) is 3.40. The number of benzene rings is 2. The summed E-state index contributed by atoms with van der Waals surface area (Å²) in [4.78, 5) is 1.63. The number of halogens is 1. The number of hydrogen-bond donors (Lipinski definition) is 3. The van der Waals surface area contributed by atoms with Crippen LogP contribution in [0.1, 0.15) is 30.0 Å². The minimum Gasteiger partial charge on any atom is -0.359 e. The Labute approximate surface area is 154 Å². The molecule has 5 heteroatoms. The van der Waals surface area contributed by atoms with Gasteiger partial charge in [0, 0.05) is 24.9 Å². The van der Waals surface area contributed by atoms with Crippen molar-refractivity contribution < 1.29 is 9.29 Å². The number of rotatable bonds is 6. The molecule has 1 heterocycles. The van der Waals surface area contributed by atoms with Crippen molar-refractivity contribution in [1.82, 2.24) is 10.6 Å². The number of thiocarbonyl (C=S) groups is 1. The van der Waals surface area contributed by atoms with E-state index >= 15 is 0 Å². The molecule has 2 aromatic carbocycles. The SMILES string of the molecule is Fc1ccc(CNC(=S)NC[C@H](c2ccccc2)[NH+]2CCCC2)cc1. The molecule has 1 aliphatic rings. The zero-order valence-electron chi connectivity index (χ0n) is 14.3. The third-order valence-corrected chi connectivity index (χ3v) is 5.06. The fraction of sp³-hybridized carbons (Fsp3) is 0.350. The van der Waals surface area contributed by atoms with Crippen molar-refractivity contribution >= 4 is 17.3 Å². The van der Waals surface area contributed by atoms with Crippen LogP contribution in [0.4, 0.5) is 4.39 Å². The van der Waals surface area contributed by atoms with E-state index in [0.29, 0.717) is 17.7 Å². The van der Waals surface area contributed by atoms with E-state index in [1.54, 1.807) is 17.0 Å². The van der Waals surface area contributed by atoms with Crippen molar-refractivity contribution in [3.05, 3.63) is 71.5 Å². The maximum absolute atomic E-state index is 12.9. The highest BCUT2D eigenvalue weighted by Gasteiger charge is 2.27. The van der Waals surface area contributed by atoms with E-state index in [-0.39, 0.29) is 5.82 Å². The molecule has 0 unspecified atom stereocenters. The maximum atomic E-state index is 12.9. The van der Waals surface area contributed by atoms with Crippen LogP contribution in [0.3, 0.4) is 0 Å². The van der Waals surface area contributed by atoms with Crippen LogP contribution in [0.5, 0.6) is 0 Å². The Balaban J connectivity index is 1.53. The summed E-state index contributed by atoms with van der Waals surface area (Å²) in [5.74, 6) is -0.219. The molecule has 0 saturated carbocycles. The highest BCUT2D eigenvalue weighted by atomic mass is 32.1. The number of hydrogen-bond acceptors (Lipinski definition) is 1. The fourth-order valence-corrected chi connectivity index (χ4v) is 3.56. The van der Waals surface area contributed by atoms with Gasteiger partial charge in [-0.2, -0.15) is 0 Å². The van der Waals surface area contributed by atoms with Crippen LogP contribution >= 0.6 is 12.2 Å². The molecule has 3 nitrogen and oxygen atoms in total. The first-order valence-corrected chi connectivity index (χ1v) is 9.29. The lowest BCUT2D eigenvalue weighted by Gasteiger charge is -2.26. The first-order valence-electron chi connectivity index (χ1n) is 8.88. The molecular formula is C20H25FN3S+. The normalized spacial score (nSPS) is 15.7. The van der Waals surface area contributed by atoms with E-state index in [2.05, 4.69) is 41.0 Å². The van der Waals surface area contributed by atoms with Gasteiger partial charge in [-0.3, -0.25) is 0 Å². The van der Waals surface area contributed by atoms with Crippen molar-refractivity contribution in [2.45, 2.75) is 25.4 Å². The van der Waals surface area contributed by atoms with Gasteiger partial charge in [0.25, 0.3) is 0 Å². The van der Waals surface area contributed by atoms with E-state index < -0.39 is 0 Å². The van der Waals surface area contributed by atoms with Crippen LogP contribution in [-0.4, -0.2) is 24.7 Å². The molecule has 1 aliphatic heterocycles. The molecule has 0 radical (unpaired) electrons. The van der Waals surface area contributed by atoms with Gasteiger partial charge in [0.05, 0.1) is 19.6 Å². The molecule has 25 heavy (non-hydrogen) atoms. The van der Waals surface area contributed by atoms with Gasteiger partial charge in [-0.25, -0.2) is 4.39 Å². The molecule has 132 valence electrons. The Bertz CT molecular complexity index is 669. The smallest absolute Gasteiger partial charge is 0.166 e. The van der Waals surface area contributed by atoms with Crippen molar-refractivity contribution in [2.24, 2.45) is 0 Å². The van der Waals surface area contributed by atoms with Crippen molar-refractivity contribution in [3.63, 3.8) is 0 Å². The van der Waals surface area contributed by atoms with E-state index in [1.165, 1.54) is 43.6 Å². The van der Waals surface area contributed by atoms with Gasteiger partial charge in [-0.15, -0.1) is 0 Å². The van der Waals surface area contributed by atoms with Crippen molar-refractivity contribution in [2.75, 3.05) is 19.6 Å². The summed E-state index contributed by atoms with van der Waals surface area (Å²) in [5.41, 5.74) is 2.36. The third-order valence-electron chi connectivity index (χ3n) is 4.77. The third kappa shape index (κ3) is 5.25. The van der Waals surface area contributed by atoms with E-state index in [4.69, 9.17) is 12.2 Å². The lowest BCUT2D eigenvalue weighted by atomic mass is 10.1. The Morgan fingerprint density at radius 3 is 2.36 bits per heavy atom. The van der Waals surface area contributed by atoms with Crippen molar-refractivity contribution in [3.8, 4) is 0 Å². The monoisotopic (exact) mass is 358 g/mol. The maximum Gasteiger partial charge on any atom is 0.166 e. The summed E-state index contributed by atoms with van der Waals surface area (Å²) in [6.07, 6.45) is 2.60. The van der Waals surface area contributed by atoms with Gasteiger partial charge in [0.2, 0.25) is 0 Å². The lowest BCUT2D eigenvalue weighted by Crippen LogP contribution is -3.11. The molecule has 0 aliphatic carbocycles. The minimum atomic E-state index is -0.219. The highest BCUT2D eigenvalue weighted by molar-refractivity contribution is 7.80. The zero-order chi connectivity index (χ0) is 17.5. The molecule has 0 aromatic heterocycles. The first-order chi connectivity index (χ1) is 12.2. The molecule has 0 bridgehead atoms. The molecule has 1 atom stereocenters. The molecule has 3 rings (SSSR count). The summed E-state index contributed by atoms with van der Waals surface area (Å²) in [6.45, 7) is 3.85. The average Bonchev–Trinajstić information content (AvgIpc) is 3.17. The van der Waals surface area contributed by atoms with Crippen LogP contribution in [0.2, 0.25) is 0 Å². The number of likely N-dealkylation sites (tertiary alicyclic amines) is 1. The second-order valence-electron chi connectivity index (χ2n) is 6.52. The summed E-state index contributed by atoms with van der Waals surface area (Å²) >= 11 is 5.42. The topological polar surface area (TPSA) is 28.5 Å². The standard InChI is InChI=1S/C20H24FN3S/c21-18-10-8-16(9-11-18)14-22-20(25)23-15-19(24-12-4-5-13-24)17-6-2-1-3-7-17/h1-3,6-11,19H,4-5,12-15H2,(H2,22,23,25)/p+1/t19-/m1/s1. The summed E-state index contributed by atoms with van der Waals surface area (Å²) in [7, 11) is 0. The van der Waals surface area contributed by atoms with E-state index in [0.717, 1.165) is 12.1 Å². The minimum absolute atomic E-state index is 0.219. The van der Waals surface area contributed by atoms with Crippen LogP contribution < -0.4 is 15.5 Å². The largest absolute Gasteiger partial charge is 0.359 e. The van der Waals surface area contributed by atoms with Gasteiger partial charge in [-0.1, -0.05) is 42.5 Å². The van der Waals surface area contributed by atoms with Gasteiger partial charge >= 0.3 is 0 Å². The summed E-state index contributed by atoms with van der Waals surface area (Å²) in [5, 5.41) is 7.21. The van der Waals surface area contributed by atoms with Crippen molar-refractivity contribution in [1.29, 1.82) is 0 Å². The zero-order valence-corrected chi connectivity index (χ0v) is 15.1. The van der Waals surface area contributed by atoms with Crippen LogP contribution in [0, 0.1) is 5.82 Å². The number of quaternary nitrogens is 1. The van der Waals surface area contributed by atoms with Crippen LogP contribution in [0.15, 0.2) is 54.6 Å². The summed E-state index contributed by atoms with van der Waals surface area (Å²) < 4.78 is 12.9. The molecule has 3 N–H and O–H groups in total. The van der Waals surface area contributed by atoms with Gasteiger partial charge in [-0.05, 0) is 29.9 Å². The van der Waals surface area contributed by atoms with Gasteiger partial charge in [0.15, 0.2) is 5.11 Å².